The van der Waals surface area contributed by atoms with Crippen molar-refractivity contribution in [2.24, 2.45) is 0 Å². The third kappa shape index (κ3) is 2.42. The molecule has 0 aliphatic carbocycles. The first kappa shape index (κ1) is 12.8. The Hall–Kier alpha value is -2.21. The van der Waals surface area contributed by atoms with E-state index in [-0.39, 0.29) is 10.6 Å². The van der Waals surface area contributed by atoms with Gasteiger partial charge in [0.2, 0.25) is 0 Å². The summed E-state index contributed by atoms with van der Waals surface area (Å²) in [5.74, 6) is 1.27. The quantitative estimate of drug-likeness (QED) is 0.664. The Balaban J connectivity index is 1.92. The third-order valence-electron chi connectivity index (χ3n) is 3.67. The van der Waals surface area contributed by atoms with Crippen LogP contribution in [0.5, 0.6) is 0 Å². The van der Waals surface area contributed by atoms with Crippen LogP contribution in [0.15, 0.2) is 30.5 Å². The van der Waals surface area contributed by atoms with Gasteiger partial charge in [0.1, 0.15) is 5.82 Å². The lowest BCUT2D eigenvalue weighted by molar-refractivity contribution is -0.384. The minimum Gasteiger partial charge on any atom is -0.342 e. The van der Waals surface area contributed by atoms with E-state index in [9.17, 15) is 10.1 Å². The second kappa shape index (κ2) is 5.42. The van der Waals surface area contributed by atoms with Crippen molar-refractivity contribution in [2.45, 2.75) is 18.8 Å². The normalized spacial score (nSPS) is 18.9. The van der Waals surface area contributed by atoms with Gasteiger partial charge in [0.25, 0.3) is 5.69 Å². The van der Waals surface area contributed by atoms with Crippen LogP contribution in [0.3, 0.4) is 0 Å². The summed E-state index contributed by atoms with van der Waals surface area (Å²) < 4.78 is 0. The van der Waals surface area contributed by atoms with Crippen molar-refractivity contribution in [3.8, 4) is 11.3 Å². The zero-order valence-electron chi connectivity index (χ0n) is 11.0. The van der Waals surface area contributed by atoms with E-state index in [1.165, 1.54) is 6.07 Å². The molecule has 0 saturated carbocycles. The molecule has 0 radical (unpaired) electrons. The number of imidazole rings is 1. The van der Waals surface area contributed by atoms with Crippen LogP contribution in [-0.2, 0) is 0 Å². The highest BCUT2D eigenvalue weighted by atomic mass is 16.6. The van der Waals surface area contributed by atoms with Gasteiger partial charge in [-0.25, -0.2) is 4.98 Å². The highest BCUT2D eigenvalue weighted by molar-refractivity contribution is 5.70. The average molecular weight is 272 g/mol. The summed E-state index contributed by atoms with van der Waals surface area (Å²) in [5, 5.41) is 14.4. The molecule has 1 aromatic carbocycles. The summed E-state index contributed by atoms with van der Waals surface area (Å²) in [6.45, 7) is 1.96. The van der Waals surface area contributed by atoms with E-state index >= 15 is 0 Å². The summed E-state index contributed by atoms with van der Waals surface area (Å²) >= 11 is 0. The second-order valence-electron chi connectivity index (χ2n) is 5.00. The van der Waals surface area contributed by atoms with Gasteiger partial charge in [0.05, 0.1) is 22.4 Å². The number of H-pyrrole nitrogens is 1. The van der Waals surface area contributed by atoms with Crippen molar-refractivity contribution in [1.82, 2.24) is 15.3 Å². The summed E-state index contributed by atoms with van der Waals surface area (Å²) in [6.07, 6.45) is 3.91. The van der Waals surface area contributed by atoms with Crippen LogP contribution in [0.2, 0.25) is 0 Å². The minimum absolute atomic E-state index is 0.101. The Bertz CT molecular complexity index is 617. The zero-order valence-corrected chi connectivity index (χ0v) is 11.0. The van der Waals surface area contributed by atoms with Crippen molar-refractivity contribution in [3.05, 3.63) is 46.4 Å². The minimum atomic E-state index is -0.363. The molecule has 1 unspecified atom stereocenters. The van der Waals surface area contributed by atoms with Crippen molar-refractivity contribution < 1.29 is 4.92 Å². The zero-order chi connectivity index (χ0) is 13.9. The van der Waals surface area contributed by atoms with Crippen molar-refractivity contribution in [2.75, 3.05) is 13.1 Å². The van der Waals surface area contributed by atoms with Crippen molar-refractivity contribution in [1.29, 1.82) is 0 Å². The number of hydrogen-bond donors (Lipinski definition) is 2. The van der Waals surface area contributed by atoms with Gasteiger partial charge >= 0.3 is 0 Å². The highest BCUT2D eigenvalue weighted by Gasteiger charge is 2.20. The lowest BCUT2D eigenvalue weighted by Gasteiger charge is -2.20. The Labute approximate surface area is 116 Å². The van der Waals surface area contributed by atoms with Crippen LogP contribution < -0.4 is 5.32 Å². The lowest BCUT2D eigenvalue weighted by Crippen LogP contribution is -2.28. The topological polar surface area (TPSA) is 83.8 Å². The monoisotopic (exact) mass is 272 g/mol. The number of benzene rings is 1. The second-order valence-corrected chi connectivity index (χ2v) is 5.00. The maximum atomic E-state index is 11.1. The van der Waals surface area contributed by atoms with Gasteiger partial charge in [0, 0.05) is 18.5 Å². The smallest absolute Gasteiger partial charge is 0.278 e. The van der Waals surface area contributed by atoms with Gasteiger partial charge in [-0.2, -0.15) is 0 Å². The van der Waals surface area contributed by atoms with E-state index < -0.39 is 0 Å². The third-order valence-corrected chi connectivity index (χ3v) is 3.67. The van der Waals surface area contributed by atoms with Crippen LogP contribution in [-0.4, -0.2) is 28.0 Å². The molecule has 6 nitrogen and oxygen atoms in total. The highest BCUT2D eigenvalue weighted by Crippen LogP contribution is 2.30. The van der Waals surface area contributed by atoms with Crippen LogP contribution >= 0.6 is 0 Å². The Morgan fingerprint density at radius 3 is 2.95 bits per heavy atom. The molecular formula is C14H16N4O2. The van der Waals surface area contributed by atoms with E-state index in [0.717, 1.165) is 31.8 Å². The van der Waals surface area contributed by atoms with Gasteiger partial charge in [-0.1, -0.05) is 12.1 Å². The van der Waals surface area contributed by atoms with Crippen LogP contribution in [0.25, 0.3) is 11.3 Å². The van der Waals surface area contributed by atoms with Crippen LogP contribution in [0.4, 0.5) is 5.69 Å². The maximum Gasteiger partial charge on any atom is 0.278 e. The standard InChI is InChI=1S/C14H16N4O2/c19-18(20)13-6-2-1-5-11(13)12-9-16-14(17-12)10-4-3-7-15-8-10/h1-2,5-6,9-10,15H,3-4,7-8H2,(H,16,17). The number of hydrogen-bond acceptors (Lipinski definition) is 4. The molecule has 1 saturated heterocycles. The molecule has 0 spiro atoms. The average Bonchev–Trinajstić information content (AvgIpc) is 2.98. The number of piperidine rings is 1. The van der Waals surface area contributed by atoms with E-state index in [4.69, 9.17) is 0 Å². The molecule has 6 heteroatoms. The van der Waals surface area contributed by atoms with Crippen molar-refractivity contribution >= 4 is 5.69 Å². The Morgan fingerprint density at radius 1 is 1.35 bits per heavy atom. The summed E-state index contributed by atoms with van der Waals surface area (Å²) in [6, 6.07) is 6.72. The molecule has 20 heavy (non-hydrogen) atoms. The molecule has 1 aliphatic rings. The van der Waals surface area contributed by atoms with E-state index in [1.54, 1.807) is 24.4 Å². The lowest BCUT2D eigenvalue weighted by atomic mass is 9.99. The Morgan fingerprint density at radius 2 is 2.20 bits per heavy atom. The molecule has 1 fully saturated rings. The number of nitrogens with one attached hydrogen (secondary N) is 2. The number of aromatic amines is 1. The molecule has 0 bridgehead atoms. The molecule has 2 heterocycles. The first-order chi connectivity index (χ1) is 9.75. The molecule has 1 atom stereocenters. The van der Waals surface area contributed by atoms with E-state index in [0.29, 0.717) is 17.2 Å². The number of nitro groups is 1. The van der Waals surface area contributed by atoms with Crippen molar-refractivity contribution in [3.63, 3.8) is 0 Å². The Kier molecular flexibility index (Phi) is 3.47. The first-order valence-electron chi connectivity index (χ1n) is 6.75. The number of aromatic nitrogens is 2. The molecule has 104 valence electrons. The van der Waals surface area contributed by atoms with Crippen LogP contribution in [0, 0.1) is 10.1 Å². The fourth-order valence-electron chi connectivity index (χ4n) is 2.63. The number of rotatable bonds is 3. The molecular weight excluding hydrogens is 256 g/mol. The van der Waals surface area contributed by atoms with Gasteiger partial charge < -0.3 is 10.3 Å². The fraction of sp³-hybridized carbons (Fsp3) is 0.357. The molecule has 3 rings (SSSR count). The predicted molar refractivity (Wildman–Crippen MR) is 75.5 cm³/mol. The molecule has 1 aliphatic heterocycles. The summed E-state index contributed by atoms with van der Waals surface area (Å²) in [7, 11) is 0. The number of nitrogens with zero attached hydrogens (tertiary/aromatic N) is 2. The predicted octanol–water partition coefficient (Wildman–Crippen LogP) is 2.45. The first-order valence-corrected chi connectivity index (χ1v) is 6.75. The van der Waals surface area contributed by atoms with Gasteiger partial charge in [-0.3, -0.25) is 10.1 Å². The molecule has 2 aromatic rings. The number of nitro benzene ring substituents is 1. The van der Waals surface area contributed by atoms with E-state index in [2.05, 4.69) is 15.3 Å². The largest absolute Gasteiger partial charge is 0.342 e. The van der Waals surface area contributed by atoms with Gasteiger partial charge in [0.15, 0.2) is 0 Å². The van der Waals surface area contributed by atoms with E-state index in [1.807, 2.05) is 0 Å². The fourth-order valence-corrected chi connectivity index (χ4v) is 2.63. The maximum absolute atomic E-state index is 11.1. The molecule has 1 aromatic heterocycles. The van der Waals surface area contributed by atoms with Crippen LogP contribution in [0.1, 0.15) is 24.6 Å². The van der Waals surface area contributed by atoms with Gasteiger partial charge in [-0.15, -0.1) is 0 Å². The molecule has 0 amide bonds. The summed E-state index contributed by atoms with van der Waals surface area (Å²) in [5.41, 5.74) is 1.39. The number of para-hydroxylation sites is 1. The van der Waals surface area contributed by atoms with Gasteiger partial charge in [-0.05, 0) is 25.5 Å². The SMILES string of the molecule is O=[N+]([O-])c1ccccc1-c1cnc(C2CCCNC2)[nH]1. The summed E-state index contributed by atoms with van der Waals surface area (Å²) in [4.78, 5) is 18.3. The molecule has 2 N–H and O–H groups in total.